The lowest BCUT2D eigenvalue weighted by Crippen LogP contribution is -2.29. The van der Waals surface area contributed by atoms with Gasteiger partial charge in [0.05, 0.1) is 12.1 Å². The summed E-state index contributed by atoms with van der Waals surface area (Å²) in [5.41, 5.74) is 2.60. The number of fused-ring (bicyclic) bond motifs is 1. The van der Waals surface area contributed by atoms with Crippen molar-refractivity contribution in [3.8, 4) is 0 Å². The van der Waals surface area contributed by atoms with Crippen LogP contribution in [0, 0.1) is 5.92 Å². The minimum atomic E-state index is 0.00834. The lowest BCUT2D eigenvalue weighted by atomic mass is 10.0. The zero-order chi connectivity index (χ0) is 20.3. The molecular formula is C24H23N5O. The summed E-state index contributed by atoms with van der Waals surface area (Å²) in [6.07, 6.45) is 3.58. The van der Waals surface area contributed by atoms with Gasteiger partial charge in [0.2, 0.25) is 0 Å². The lowest BCUT2D eigenvalue weighted by Gasteiger charge is -2.16. The number of nitrogens with zero attached hydrogens (tertiary/aromatic N) is 5. The van der Waals surface area contributed by atoms with Gasteiger partial charge in [-0.05, 0) is 30.0 Å². The first-order chi connectivity index (χ1) is 14.8. The highest BCUT2D eigenvalue weighted by atomic mass is 16.2. The van der Waals surface area contributed by atoms with Crippen molar-refractivity contribution in [2.24, 2.45) is 5.92 Å². The molecule has 1 unspecified atom stereocenters. The number of amides is 1. The van der Waals surface area contributed by atoms with Crippen molar-refractivity contribution in [3.63, 3.8) is 0 Å². The molecule has 0 radical (unpaired) electrons. The van der Waals surface area contributed by atoms with Crippen molar-refractivity contribution in [2.45, 2.75) is 19.4 Å². The van der Waals surface area contributed by atoms with Crippen LogP contribution in [0.5, 0.6) is 0 Å². The van der Waals surface area contributed by atoms with Crippen molar-refractivity contribution in [2.75, 3.05) is 13.1 Å². The van der Waals surface area contributed by atoms with Crippen LogP contribution in [0.4, 0.5) is 0 Å². The second kappa shape index (κ2) is 8.06. The van der Waals surface area contributed by atoms with E-state index in [1.54, 1.807) is 6.33 Å². The summed E-state index contributed by atoms with van der Waals surface area (Å²) in [5, 5.41) is 9.50. The molecule has 2 aromatic heterocycles. The van der Waals surface area contributed by atoms with E-state index in [4.69, 9.17) is 0 Å². The molecule has 30 heavy (non-hydrogen) atoms. The van der Waals surface area contributed by atoms with E-state index in [1.165, 1.54) is 5.56 Å². The Bertz CT molecular complexity index is 1170. The number of carbonyl (C=O) groups excluding carboxylic acids is 1. The topological polar surface area (TPSA) is 63.9 Å². The molecule has 1 saturated heterocycles. The standard InChI is InChI=1S/C24H23N5O/c30-24(22-11-10-20-8-4-5-9-21(20)26-22)28-13-12-19(16-28)14-23-27-25-17-29(23)15-18-6-2-1-3-7-18/h1-11,17,19H,12-16H2. The maximum Gasteiger partial charge on any atom is 0.272 e. The van der Waals surface area contributed by atoms with Crippen LogP contribution in [0.3, 0.4) is 0 Å². The maximum atomic E-state index is 13.0. The molecule has 6 heteroatoms. The zero-order valence-corrected chi connectivity index (χ0v) is 16.7. The van der Waals surface area contributed by atoms with E-state index in [0.29, 0.717) is 11.6 Å². The molecule has 0 aliphatic carbocycles. The minimum absolute atomic E-state index is 0.00834. The van der Waals surface area contributed by atoms with Crippen molar-refractivity contribution in [1.82, 2.24) is 24.6 Å². The molecule has 4 aromatic rings. The van der Waals surface area contributed by atoms with Crippen LogP contribution in [0.1, 0.15) is 28.3 Å². The molecule has 0 saturated carbocycles. The molecule has 1 amide bonds. The van der Waals surface area contributed by atoms with E-state index in [9.17, 15) is 4.79 Å². The van der Waals surface area contributed by atoms with E-state index in [-0.39, 0.29) is 5.91 Å². The average molecular weight is 397 g/mol. The van der Waals surface area contributed by atoms with Gasteiger partial charge in [0.1, 0.15) is 17.8 Å². The molecule has 5 rings (SSSR count). The van der Waals surface area contributed by atoms with Crippen LogP contribution in [0.25, 0.3) is 10.9 Å². The predicted octanol–water partition coefficient (Wildman–Crippen LogP) is 3.58. The van der Waals surface area contributed by atoms with Crippen LogP contribution >= 0.6 is 0 Å². The fourth-order valence-corrected chi connectivity index (χ4v) is 4.14. The van der Waals surface area contributed by atoms with Gasteiger partial charge < -0.3 is 9.47 Å². The van der Waals surface area contributed by atoms with Gasteiger partial charge in [-0.3, -0.25) is 4.79 Å². The second-order valence-corrected chi connectivity index (χ2v) is 7.86. The van der Waals surface area contributed by atoms with Gasteiger partial charge in [0.15, 0.2) is 0 Å². The van der Waals surface area contributed by atoms with Crippen LogP contribution in [0.2, 0.25) is 0 Å². The fraction of sp³-hybridized carbons (Fsp3) is 0.250. The van der Waals surface area contributed by atoms with Crippen molar-refractivity contribution in [1.29, 1.82) is 0 Å². The molecule has 6 nitrogen and oxygen atoms in total. The summed E-state index contributed by atoms with van der Waals surface area (Å²) in [6.45, 7) is 2.25. The third-order valence-corrected chi connectivity index (χ3v) is 5.75. The monoisotopic (exact) mass is 397 g/mol. The Morgan fingerprint density at radius 2 is 1.83 bits per heavy atom. The number of para-hydroxylation sites is 1. The first-order valence-electron chi connectivity index (χ1n) is 10.3. The fourth-order valence-electron chi connectivity index (χ4n) is 4.14. The molecule has 2 aromatic carbocycles. The van der Waals surface area contributed by atoms with E-state index in [2.05, 4.69) is 31.9 Å². The molecule has 1 aliphatic heterocycles. The summed E-state index contributed by atoms with van der Waals surface area (Å²) in [6, 6.07) is 22.0. The van der Waals surface area contributed by atoms with Gasteiger partial charge in [-0.1, -0.05) is 54.6 Å². The molecule has 1 fully saturated rings. The largest absolute Gasteiger partial charge is 0.337 e. The van der Waals surface area contributed by atoms with Crippen LogP contribution in [0.15, 0.2) is 73.1 Å². The summed E-state index contributed by atoms with van der Waals surface area (Å²) in [7, 11) is 0. The van der Waals surface area contributed by atoms with Gasteiger partial charge in [-0.25, -0.2) is 4.98 Å². The smallest absolute Gasteiger partial charge is 0.272 e. The van der Waals surface area contributed by atoms with Crippen molar-refractivity contribution >= 4 is 16.8 Å². The normalized spacial score (nSPS) is 16.3. The van der Waals surface area contributed by atoms with E-state index in [1.807, 2.05) is 59.5 Å². The highest BCUT2D eigenvalue weighted by Gasteiger charge is 2.29. The summed E-state index contributed by atoms with van der Waals surface area (Å²) < 4.78 is 2.10. The third-order valence-electron chi connectivity index (χ3n) is 5.75. The molecule has 150 valence electrons. The lowest BCUT2D eigenvalue weighted by molar-refractivity contribution is 0.0781. The Hall–Kier alpha value is -3.54. The quantitative estimate of drug-likeness (QED) is 0.516. The predicted molar refractivity (Wildman–Crippen MR) is 115 cm³/mol. The summed E-state index contributed by atoms with van der Waals surface area (Å²) in [4.78, 5) is 19.5. The molecule has 0 N–H and O–H groups in total. The number of pyridine rings is 1. The van der Waals surface area contributed by atoms with Gasteiger partial charge >= 0.3 is 0 Å². The molecule has 1 aliphatic rings. The zero-order valence-electron chi connectivity index (χ0n) is 16.7. The van der Waals surface area contributed by atoms with Gasteiger partial charge in [-0.2, -0.15) is 0 Å². The number of likely N-dealkylation sites (tertiary alicyclic amines) is 1. The SMILES string of the molecule is O=C(c1ccc2ccccc2n1)N1CCC(Cc2nncn2Cc2ccccc2)C1. The molecule has 1 atom stereocenters. The van der Waals surface area contributed by atoms with E-state index in [0.717, 1.165) is 49.2 Å². The number of carbonyl (C=O) groups is 1. The number of hydrogen-bond donors (Lipinski definition) is 0. The second-order valence-electron chi connectivity index (χ2n) is 7.86. The van der Waals surface area contributed by atoms with Crippen LogP contribution in [-0.2, 0) is 13.0 Å². The van der Waals surface area contributed by atoms with Crippen molar-refractivity contribution in [3.05, 3.63) is 90.1 Å². The highest BCUT2D eigenvalue weighted by Crippen LogP contribution is 2.22. The number of rotatable bonds is 5. The van der Waals surface area contributed by atoms with E-state index < -0.39 is 0 Å². The first-order valence-corrected chi connectivity index (χ1v) is 10.3. The number of hydrogen-bond acceptors (Lipinski definition) is 4. The number of benzene rings is 2. The van der Waals surface area contributed by atoms with Crippen molar-refractivity contribution < 1.29 is 4.79 Å². The highest BCUT2D eigenvalue weighted by molar-refractivity contribution is 5.95. The minimum Gasteiger partial charge on any atom is -0.337 e. The van der Waals surface area contributed by atoms with E-state index >= 15 is 0 Å². The molecule has 3 heterocycles. The Labute approximate surface area is 175 Å². The van der Waals surface area contributed by atoms with Gasteiger partial charge in [0.25, 0.3) is 5.91 Å². The van der Waals surface area contributed by atoms with Crippen LogP contribution < -0.4 is 0 Å². The molecular weight excluding hydrogens is 374 g/mol. The molecule has 0 bridgehead atoms. The van der Waals surface area contributed by atoms with Gasteiger partial charge in [0, 0.05) is 24.9 Å². The maximum absolute atomic E-state index is 13.0. The Balaban J connectivity index is 1.25. The van der Waals surface area contributed by atoms with Gasteiger partial charge in [-0.15, -0.1) is 10.2 Å². The Morgan fingerprint density at radius 1 is 1.00 bits per heavy atom. The summed E-state index contributed by atoms with van der Waals surface area (Å²) in [5.74, 6) is 1.36. The summed E-state index contributed by atoms with van der Waals surface area (Å²) >= 11 is 0. The third kappa shape index (κ3) is 3.81. The Morgan fingerprint density at radius 3 is 2.73 bits per heavy atom. The number of aromatic nitrogens is 4. The average Bonchev–Trinajstić information content (AvgIpc) is 3.44. The molecule has 0 spiro atoms. The van der Waals surface area contributed by atoms with Crippen LogP contribution in [-0.4, -0.2) is 43.6 Å². The Kier molecular flexibility index (Phi) is 4.97. The first kappa shape index (κ1) is 18.5.